The van der Waals surface area contributed by atoms with Crippen molar-refractivity contribution in [3.8, 4) is 11.8 Å². The SMILES string of the molecule is CS(=O)(=O)c1ccc(Nc2cc3c(C#CC4CCN(Cc5cnn(S(C)(=O)=O)c5)CC4)nccc3cn2)cc1. The van der Waals surface area contributed by atoms with Crippen LogP contribution < -0.4 is 5.32 Å². The van der Waals surface area contributed by atoms with E-state index in [2.05, 4.69) is 37.1 Å². The molecule has 10 nitrogen and oxygen atoms in total. The molecule has 4 heterocycles. The van der Waals surface area contributed by atoms with Crippen LogP contribution in [0, 0.1) is 17.8 Å². The van der Waals surface area contributed by atoms with Gasteiger partial charge in [0.1, 0.15) is 11.5 Å². The van der Waals surface area contributed by atoms with Crippen LogP contribution in [0.3, 0.4) is 0 Å². The molecule has 1 aliphatic heterocycles. The molecule has 0 unspecified atom stereocenters. The molecule has 0 atom stereocenters. The lowest BCUT2D eigenvalue weighted by Gasteiger charge is -2.29. The van der Waals surface area contributed by atoms with E-state index in [1.807, 2.05) is 12.1 Å². The fourth-order valence-corrected chi connectivity index (χ4v) is 5.61. The topological polar surface area (TPSA) is 127 Å². The van der Waals surface area contributed by atoms with Crippen molar-refractivity contribution in [1.82, 2.24) is 24.1 Å². The van der Waals surface area contributed by atoms with Gasteiger partial charge in [0, 0.05) is 59.3 Å². The maximum absolute atomic E-state index is 11.7. The number of nitrogens with one attached hydrogen (secondary N) is 1. The number of hydrogen-bond acceptors (Lipinski definition) is 9. The van der Waals surface area contributed by atoms with Gasteiger partial charge >= 0.3 is 0 Å². The highest BCUT2D eigenvalue weighted by Crippen LogP contribution is 2.23. The van der Waals surface area contributed by atoms with E-state index >= 15 is 0 Å². The minimum atomic E-state index is -3.37. The largest absolute Gasteiger partial charge is 0.340 e. The van der Waals surface area contributed by atoms with Crippen molar-refractivity contribution < 1.29 is 16.8 Å². The van der Waals surface area contributed by atoms with Gasteiger partial charge in [-0.2, -0.15) is 9.19 Å². The normalized spacial score (nSPS) is 15.1. The standard InChI is InChI=1S/C27H28N6O4S2/c1-38(34,35)24-6-4-23(5-7-24)31-27-15-25-22(17-29-27)9-12-28-26(25)8-3-20-10-13-32(14-11-20)18-21-16-30-33(19-21)39(2,36)37/h4-7,9,12,15-17,19-20H,10-11,13-14,18H2,1-2H3,(H,29,31). The summed E-state index contributed by atoms with van der Waals surface area (Å²) in [5.41, 5.74) is 2.27. The second-order valence-electron chi connectivity index (χ2n) is 9.68. The molecule has 4 aromatic rings. The van der Waals surface area contributed by atoms with Crippen LogP contribution in [0.5, 0.6) is 0 Å². The summed E-state index contributed by atoms with van der Waals surface area (Å²) in [5, 5.41) is 8.97. The van der Waals surface area contributed by atoms with Gasteiger partial charge in [-0.1, -0.05) is 5.92 Å². The van der Waals surface area contributed by atoms with Gasteiger partial charge in [0.05, 0.1) is 17.3 Å². The van der Waals surface area contributed by atoms with Gasteiger partial charge in [-0.3, -0.25) is 4.90 Å². The first-order valence-corrected chi connectivity index (χ1v) is 16.1. The Balaban J connectivity index is 1.25. The Hall–Kier alpha value is -3.79. The summed E-state index contributed by atoms with van der Waals surface area (Å²) < 4.78 is 47.7. The molecule has 202 valence electrons. The molecule has 0 saturated carbocycles. The van der Waals surface area contributed by atoms with E-state index in [-0.39, 0.29) is 10.8 Å². The van der Waals surface area contributed by atoms with E-state index < -0.39 is 19.9 Å². The summed E-state index contributed by atoms with van der Waals surface area (Å²) in [6, 6.07) is 10.3. The van der Waals surface area contributed by atoms with Crippen molar-refractivity contribution in [1.29, 1.82) is 0 Å². The van der Waals surface area contributed by atoms with Gasteiger partial charge in [-0.05, 0) is 68.2 Å². The highest BCUT2D eigenvalue weighted by molar-refractivity contribution is 7.90. The van der Waals surface area contributed by atoms with Crippen LogP contribution >= 0.6 is 0 Å². The summed E-state index contributed by atoms with van der Waals surface area (Å²) in [5.74, 6) is 7.52. The smallest absolute Gasteiger partial charge is 0.250 e. The van der Waals surface area contributed by atoms with Crippen molar-refractivity contribution in [2.24, 2.45) is 5.92 Å². The number of sulfone groups is 1. The minimum absolute atomic E-state index is 0.241. The third-order valence-electron chi connectivity index (χ3n) is 6.54. The molecular formula is C27H28N6O4S2. The van der Waals surface area contributed by atoms with Crippen molar-refractivity contribution in [2.75, 3.05) is 30.9 Å². The Kier molecular flexibility index (Phi) is 7.40. The minimum Gasteiger partial charge on any atom is -0.340 e. The van der Waals surface area contributed by atoms with Gasteiger partial charge in [0.15, 0.2) is 9.84 Å². The predicted molar refractivity (Wildman–Crippen MR) is 150 cm³/mol. The maximum atomic E-state index is 11.7. The Labute approximate surface area is 228 Å². The summed E-state index contributed by atoms with van der Waals surface area (Å²) in [6.45, 7) is 2.38. The van der Waals surface area contributed by atoms with Crippen molar-refractivity contribution in [2.45, 2.75) is 24.3 Å². The molecule has 0 amide bonds. The molecule has 39 heavy (non-hydrogen) atoms. The summed E-state index contributed by atoms with van der Waals surface area (Å²) in [6.07, 6.45) is 10.8. The number of nitrogens with zero attached hydrogens (tertiary/aromatic N) is 5. The fourth-order valence-electron chi connectivity index (χ4n) is 4.43. The zero-order chi connectivity index (χ0) is 27.6. The van der Waals surface area contributed by atoms with E-state index in [1.165, 1.54) is 6.26 Å². The summed E-state index contributed by atoms with van der Waals surface area (Å²) in [7, 11) is -6.63. The first-order chi connectivity index (χ1) is 18.5. The van der Waals surface area contributed by atoms with Crippen LogP contribution in [0.1, 0.15) is 24.1 Å². The number of anilines is 2. The number of aromatic nitrogens is 4. The fraction of sp³-hybridized carbons (Fsp3) is 0.296. The van der Waals surface area contributed by atoms with Crippen molar-refractivity contribution in [3.63, 3.8) is 0 Å². The van der Waals surface area contributed by atoms with Crippen molar-refractivity contribution in [3.05, 3.63) is 72.4 Å². The molecule has 1 aliphatic rings. The molecule has 0 radical (unpaired) electrons. The van der Waals surface area contributed by atoms with Gasteiger partial charge in [-0.25, -0.2) is 26.8 Å². The van der Waals surface area contributed by atoms with Crippen LogP contribution in [0.25, 0.3) is 10.8 Å². The zero-order valence-corrected chi connectivity index (χ0v) is 23.2. The highest BCUT2D eigenvalue weighted by atomic mass is 32.2. The number of fused-ring (bicyclic) bond motifs is 1. The predicted octanol–water partition coefficient (Wildman–Crippen LogP) is 3.04. The Morgan fingerprint density at radius 1 is 1.00 bits per heavy atom. The Morgan fingerprint density at radius 2 is 1.74 bits per heavy atom. The molecule has 3 aromatic heterocycles. The first kappa shape index (κ1) is 26.8. The molecule has 1 saturated heterocycles. The van der Waals surface area contributed by atoms with Crippen LogP contribution in [0.4, 0.5) is 11.5 Å². The highest BCUT2D eigenvalue weighted by Gasteiger charge is 2.19. The Morgan fingerprint density at radius 3 is 2.41 bits per heavy atom. The summed E-state index contributed by atoms with van der Waals surface area (Å²) in [4.78, 5) is 11.5. The number of hydrogen-bond donors (Lipinski definition) is 1. The number of rotatable bonds is 6. The number of piperidine rings is 1. The Bertz CT molecular complexity index is 1780. The molecule has 5 rings (SSSR count). The summed E-state index contributed by atoms with van der Waals surface area (Å²) >= 11 is 0. The third kappa shape index (κ3) is 6.62. The van der Waals surface area contributed by atoms with Crippen LogP contribution in [-0.4, -0.2) is 66.5 Å². The molecular weight excluding hydrogens is 536 g/mol. The van der Waals surface area contributed by atoms with Gasteiger partial charge in [0.2, 0.25) is 0 Å². The van der Waals surface area contributed by atoms with Gasteiger partial charge in [0.25, 0.3) is 10.0 Å². The van der Waals surface area contributed by atoms with E-state index in [4.69, 9.17) is 0 Å². The lowest BCUT2D eigenvalue weighted by atomic mass is 9.97. The average Bonchev–Trinajstić information content (AvgIpc) is 3.37. The first-order valence-electron chi connectivity index (χ1n) is 12.3. The van der Waals surface area contributed by atoms with E-state index in [1.54, 1.807) is 49.1 Å². The maximum Gasteiger partial charge on any atom is 0.250 e. The lowest BCUT2D eigenvalue weighted by Crippen LogP contribution is -2.32. The molecule has 12 heteroatoms. The number of pyridine rings is 2. The third-order valence-corrected chi connectivity index (χ3v) is 8.55. The van der Waals surface area contributed by atoms with E-state index in [9.17, 15) is 16.8 Å². The van der Waals surface area contributed by atoms with Crippen LogP contribution in [0.15, 0.2) is 66.1 Å². The molecule has 1 aromatic carbocycles. The van der Waals surface area contributed by atoms with Gasteiger partial charge in [-0.15, -0.1) is 0 Å². The van der Waals surface area contributed by atoms with E-state index in [0.717, 1.165) is 58.3 Å². The second-order valence-corrected chi connectivity index (χ2v) is 13.5. The molecule has 0 spiro atoms. The number of benzene rings is 1. The lowest BCUT2D eigenvalue weighted by molar-refractivity contribution is 0.199. The molecule has 1 N–H and O–H groups in total. The second kappa shape index (κ2) is 10.8. The molecule has 0 bridgehead atoms. The van der Waals surface area contributed by atoms with Crippen LogP contribution in [0.2, 0.25) is 0 Å². The zero-order valence-electron chi connectivity index (χ0n) is 21.6. The quantitative estimate of drug-likeness (QED) is 0.352. The van der Waals surface area contributed by atoms with E-state index in [0.29, 0.717) is 18.1 Å². The molecule has 0 aliphatic carbocycles. The van der Waals surface area contributed by atoms with Crippen LogP contribution in [-0.2, 0) is 26.4 Å². The van der Waals surface area contributed by atoms with Crippen molar-refractivity contribution >= 4 is 42.1 Å². The monoisotopic (exact) mass is 564 g/mol. The average molecular weight is 565 g/mol. The van der Waals surface area contributed by atoms with Gasteiger partial charge < -0.3 is 5.32 Å². The molecule has 1 fully saturated rings. The number of likely N-dealkylation sites (tertiary alicyclic amines) is 1.